The number of nitrogens with zero attached hydrogens (tertiary/aromatic N) is 4. The number of phenols is 2. The number of rotatable bonds is 12. The van der Waals surface area contributed by atoms with E-state index in [0.29, 0.717) is 122 Å². The number of ether oxygens (including phenoxy) is 1. The van der Waals surface area contributed by atoms with Gasteiger partial charge in [0, 0.05) is 95.8 Å². The molecule has 0 amide bonds. The smallest absolute Gasteiger partial charge is 0.374 e. The number of oxazole rings is 3. The van der Waals surface area contributed by atoms with Crippen LogP contribution in [0.25, 0.3) is 171 Å². The third kappa shape index (κ3) is 15.7. The van der Waals surface area contributed by atoms with Crippen LogP contribution in [0, 0.1) is 27.7 Å². The molecule has 638 valence electrons. The molecule has 0 unspecified atom stereocenters. The number of carbonyl (C=O) groups is 3. The van der Waals surface area contributed by atoms with Gasteiger partial charge < -0.3 is 90.6 Å². The van der Waals surface area contributed by atoms with Crippen molar-refractivity contribution in [1.29, 1.82) is 0 Å². The minimum Gasteiger partial charge on any atom is -0.744 e. The number of fused-ring (bicyclic) bond motifs is 22. The predicted octanol–water partition coefficient (Wildman–Crippen LogP) is 17.5. The number of furan rings is 6. The number of para-hydroxylation sites is 1. The molecule has 9 aromatic heterocycles. The normalized spacial score (nSPS) is 13.0. The molecule has 0 fully saturated rings. The van der Waals surface area contributed by atoms with Gasteiger partial charge in [-0.05, 0) is 141 Å². The number of nitrogen functional groups attached to an aromatic ring is 2. The molecule has 127 heavy (non-hydrogen) atoms. The Balaban J connectivity index is 0.000000121. The summed E-state index contributed by atoms with van der Waals surface area (Å²) in [5.74, 6) is -1.48. The van der Waals surface area contributed by atoms with Crippen molar-refractivity contribution >= 4 is 236 Å². The van der Waals surface area contributed by atoms with E-state index in [1.807, 2.05) is 74.5 Å². The fourth-order valence-electron chi connectivity index (χ4n) is 15.3. The van der Waals surface area contributed by atoms with Crippen molar-refractivity contribution in [2.75, 3.05) is 22.9 Å². The highest BCUT2D eigenvalue weighted by atomic mass is 32.2. The number of carboxylic acid groups (broad SMARTS) is 3. The second-order valence-electron chi connectivity index (χ2n) is 29.6. The van der Waals surface area contributed by atoms with E-state index < -0.39 is 66.2 Å². The first-order valence-corrected chi connectivity index (χ1v) is 42.4. The van der Waals surface area contributed by atoms with Gasteiger partial charge in [-0.1, -0.05) is 59.7 Å². The van der Waals surface area contributed by atoms with E-state index in [0.717, 1.165) is 77.4 Å². The highest BCUT2D eigenvalue weighted by Crippen LogP contribution is 2.46. The number of phenolic OH excluding ortho intramolecular Hbond substituents is 2. The first-order valence-electron chi connectivity index (χ1n) is 38.2. The van der Waals surface area contributed by atoms with Gasteiger partial charge in [0.05, 0.1) is 56.9 Å². The van der Waals surface area contributed by atoms with Crippen molar-refractivity contribution in [3.05, 3.63) is 247 Å². The van der Waals surface area contributed by atoms with Crippen molar-refractivity contribution in [3.63, 3.8) is 0 Å². The molecule has 21 aromatic rings. The van der Waals surface area contributed by atoms with Gasteiger partial charge in [-0.2, -0.15) is 8.42 Å². The highest BCUT2D eigenvalue weighted by Gasteiger charge is 2.32. The quantitative estimate of drug-likeness (QED) is 0.0185. The number of nitrogens with two attached hydrogens (primary N) is 2. The zero-order valence-corrected chi connectivity index (χ0v) is 68.8. The molecule has 0 atom stereocenters. The zero-order valence-electron chi connectivity index (χ0n) is 66.3. The van der Waals surface area contributed by atoms with Crippen LogP contribution >= 0.6 is 0 Å². The summed E-state index contributed by atoms with van der Waals surface area (Å²) < 4.78 is 162. The lowest BCUT2D eigenvalue weighted by atomic mass is 10.1. The van der Waals surface area contributed by atoms with Crippen LogP contribution in [0.1, 0.15) is 28.8 Å². The van der Waals surface area contributed by atoms with Crippen LogP contribution in [0.15, 0.2) is 273 Å². The van der Waals surface area contributed by atoms with E-state index in [9.17, 15) is 73.7 Å². The van der Waals surface area contributed by atoms with Crippen LogP contribution in [0.2, 0.25) is 0 Å². The average molecular weight is 1770 g/mol. The summed E-state index contributed by atoms with van der Waals surface area (Å²) >= 11 is 0. The Hall–Kier alpha value is -16.0. The predicted molar refractivity (Wildman–Crippen MR) is 464 cm³/mol. The second-order valence-corrected chi connectivity index (χ2v) is 33.8. The molecule has 0 saturated heterocycles. The van der Waals surface area contributed by atoms with E-state index in [1.165, 1.54) is 80.3 Å². The van der Waals surface area contributed by atoms with Crippen LogP contribution in [0.3, 0.4) is 0 Å². The molecule has 36 heteroatoms. The molecule has 0 aliphatic carbocycles. The summed E-state index contributed by atoms with van der Waals surface area (Å²) in [7, 11) is -13.8. The first kappa shape index (κ1) is 82.0. The minimum atomic E-state index is -4.73. The lowest BCUT2D eigenvalue weighted by molar-refractivity contribution is -0.671. The van der Waals surface area contributed by atoms with Gasteiger partial charge in [-0.3, -0.25) is 14.2 Å². The molecule has 10 heterocycles. The number of aromatic nitrogens is 3. The molecular weight excluding hydrogens is 1710 g/mol. The Labute approximate surface area is 712 Å². The fourth-order valence-corrected chi connectivity index (χ4v) is 16.8. The molecule has 0 saturated carbocycles. The molecule has 0 spiro atoms. The van der Waals surface area contributed by atoms with Gasteiger partial charge in [-0.25, -0.2) is 31.4 Å². The summed E-state index contributed by atoms with van der Waals surface area (Å²) in [6, 6.07) is 51.4. The average Bonchev–Trinajstić information content (AvgIpc) is 1.60. The summed E-state index contributed by atoms with van der Waals surface area (Å²) in [5.41, 5.74) is 24.9. The maximum atomic E-state index is 11.8. The van der Waals surface area contributed by atoms with Gasteiger partial charge in [0.2, 0.25) is 30.1 Å². The maximum Gasteiger partial charge on any atom is 0.374 e. The molecule has 0 radical (unpaired) electrons. The summed E-state index contributed by atoms with van der Waals surface area (Å²) in [6.07, 6.45) is 7.67. The standard InChI is InChI=1S/C35H22N2O14S2.C16H11NO7S.C15H11NO2.C13H11NO2.C12H9NO2/c38-34(39)16-36-24-14-28-22(20-10-18(52(42,43)44)6-8-26(20)48-28)12-30(24)50-32(36)4-2-1-3-5-33-37(17-35(40)41)25-15-29-23(13-31(25)51-33)21-11-19(53(45,46)47)7-9-27(21)49-29;1-8-17(7-16(18)19)12-6-14-11(5-15(12)23-8)10-4-9(25(20,21)22)2-3-13(10)24-14;1-8-3-4-13-10(5-8)11-6-15-12(7-14(11)18-13)16-9(2)17-15;1-7-2-3-12-8(4-7)9-5-11(15)10(14)6-13(9)16-12;13-9-6-12-8(5-10(9)14)7-3-1-2-4-11(7)15-12/h1-15H,16-17H2,(H3-,38,39,40,41,42,43,44,45,46,47);2-6H,7H2,1H3,(H-,18,19,20,21,22);3-7H,1-2H3;2-6,15H,14H2,1H3;1-6,14H,13H2. The second kappa shape index (κ2) is 31.1. The third-order valence-corrected chi connectivity index (χ3v) is 23.5. The van der Waals surface area contributed by atoms with Crippen molar-refractivity contribution in [2.24, 2.45) is 0 Å². The van der Waals surface area contributed by atoms with Crippen LogP contribution in [-0.2, 0) is 57.8 Å². The molecule has 12 aromatic carbocycles. The fraction of sp³-hybridized carbons (Fsp3) is 0.0769. The number of benzene rings is 12. The van der Waals surface area contributed by atoms with Gasteiger partial charge in [-0.15, -0.1) is 9.13 Å². The summed E-state index contributed by atoms with van der Waals surface area (Å²) in [5, 5.41) is 56.1. The Morgan fingerprint density at radius 2 is 0.843 bits per heavy atom. The van der Waals surface area contributed by atoms with E-state index in [-0.39, 0.29) is 50.9 Å². The monoisotopic (exact) mass is 1770 g/mol. The lowest BCUT2D eigenvalue weighted by Gasteiger charge is -2.14. The molecule has 0 bridgehead atoms. The zero-order chi connectivity index (χ0) is 89.3. The van der Waals surface area contributed by atoms with Crippen LogP contribution in [0.5, 0.6) is 17.2 Å². The van der Waals surface area contributed by atoms with Crippen molar-refractivity contribution in [2.45, 2.75) is 55.5 Å². The lowest BCUT2D eigenvalue weighted by Crippen LogP contribution is -2.39. The molecule has 10 N–H and O–H groups in total. The van der Waals surface area contributed by atoms with Crippen LogP contribution in [-0.4, -0.2) is 93.9 Å². The first-order chi connectivity index (χ1) is 60.5. The number of allylic oxidation sites excluding steroid dienone is 4. The maximum absolute atomic E-state index is 11.8. The molecule has 1 aliphatic heterocycles. The highest BCUT2D eigenvalue weighted by molar-refractivity contribution is 7.86. The SMILES string of the molecule is Cc1ccc2oc3cc(N)c(O)cc3c2c1.Cc1ccc2oc3cc4nc(C)oc4cc3c2c1.Cc1oc2cc3c(cc2[n+]1CC(=O)O)oc1ccc(S(=O)(=O)[O-])cc13.Nc1cc2oc3ccccc3c2cc1O.O=C(O)CN1/C(=C/C=C/C=C/c2oc3cc4c(cc3[n+]2CC(=O)O)oc2ccc(S(=O)(=O)O)cc24)Oc2cc3c(cc21)oc1ccc(S(=O)(=O)[O-])cc13. The summed E-state index contributed by atoms with van der Waals surface area (Å²) in [6.45, 7) is 6.39. The molecule has 22 rings (SSSR count). The Kier molecular flexibility index (Phi) is 20.1. The van der Waals surface area contributed by atoms with E-state index in [2.05, 4.69) is 24.0 Å². The minimum absolute atomic E-state index is 0.0917. The van der Waals surface area contributed by atoms with E-state index >= 15 is 0 Å². The van der Waals surface area contributed by atoms with Gasteiger partial charge >= 0.3 is 29.7 Å². The molecule has 1 aliphatic rings. The van der Waals surface area contributed by atoms with Crippen molar-refractivity contribution in [1.82, 2.24) is 4.98 Å². The number of anilines is 3. The Morgan fingerprint density at radius 3 is 1.37 bits per heavy atom. The van der Waals surface area contributed by atoms with Gasteiger partial charge in [0.1, 0.15) is 111 Å². The Bertz CT molecular complexity index is 8750. The van der Waals surface area contributed by atoms with Gasteiger partial charge in [0.25, 0.3) is 21.2 Å². The van der Waals surface area contributed by atoms with Crippen molar-refractivity contribution in [3.8, 4) is 17.2 Å². The number of carboxylic acids is 3. The largest absolute Gasteiger partial charge is 0.744 e. The number of hydrogen-bond donors (Lipinski definition) is 8. The van der Waals surface area contributed by atoms with Gasteiger partial charge in [0.15, 0.2) is 17.2 Å². The topological polar surface area (TPSA) is 525 Å². The van der Waals surface area contributed by atoms with Crippen molar-refractivity contribution < 1.29 is 132 Å². The number of aliphatic carboxylic acids is 3. The number of aryl methyl sites for hydroxylation is 4. The van der Waals surface area contributed by atoms with E-state index in [1.54, 1.807) is 85.8 Å². The molecular formula is C91H64N6O27S3. The Morgan fingerprint density at radius 1 is 0.417 bits per heavy atom. The van der Waals surface area contributed by atoms with Crippen LogP contribution < -0.4 is 30.2 Å². The summed E-state index contributed by atoms with van der Waals surface area (Å²) in [4.78, 5) is 39.2. The third-order valence-electron chi connectivity index (χ3n) is 21.0. The van der Waals surface area contributed by atoms with Crippen LogP contribution in [0.4, 0.5) is 17.1 Å². The number of hydrogen-bond acceptors (Lipinski definition) is 27. The van der Waals surface area contributed by atoms with E-state index in [4.69, 9.17) is 61.1 Å². The molecule has 33 nitrogen and oxygen atoms in total. The number of aromatic hydroxyl groups is 2.